The maximum Gasteiger partial charge on any atom is 0.243 e. The third kappa shape index (κ3) is 3.36. The van der Waals surface area contributed by atoms with E-state index in [2.05, 4.69) is 15.0 Å². The van der Waals surface area contributed by atoms with Crippen molar-refractivity contribution in [3.05, 3.63) is 11.7 Å². The summed E-state index contributed by atoms with van der Waals surface area (Å²) in [5, 5.41) is 3.97. The summed E-state index contributed by atoms with van der Waals surface area (Å²) in [7, 11) is -3.09. The van der Waals surface area contributed by atoms with Gasteiger partial charge in [-0.05, 0) is 6.92 Å². The summed E-state index contributed by atoms with van der Waals surface area (Å²) >= 11 is 0. The fourth-order valence-corrected chi connectivity index (χ4v) is 3.06. The van der Waals surface area contributed by atoms with E-state index < -0.39 is 10.0 Å². The van der Waals surface area contributed by atoms with Crippen LogP contribution in [0.25, 0.3) is 0 Å². The van der Waals surface area contributed by atoms with Gasteiger partial charge in [0.15, 0.2) is 5.82 Å². The van der Waals surface area contributed by atoms with Gasteiger partial charge in [0.1, 0.15) is 0 Å². The Kier molecular flexibility index (Phi) is 4.46. The first-order chi connectivity index (χ1) is 9.29. The lowest BCUT2D eigenvalue weighted by atomic mass is 10.2. The third-order valence-corrected chi connectivity index (χ3v) is 4.92. The highest BCUT2D eigenvalue weighted by Crippen LogP contribution is 2.22. The predicted octanol–water partition coefficient (Wildman–Crippen LogP) is 0.831. The number of aromatic nitrogens is 2. The average molecular weight is 302 g/mol. The van der Waals surface area contributed by atoms with Crippen LogP contribution in [0.2, 0.25) is 0 Å². The summed E-state index contributed by atoms with van der Waals surface area (Å²) in [5.74, 6) is 1.55. The summed E-state index contributed by atoms with van der Waals surface area (Å²) in [6, 6.07) is 0.0108. The monoisotopic (exact) mass is 302 g/mol. The number of nitrogens with zero attached hydrogens (tertiary/aromatic N) is 4. The first kappa shape index (κ1) is 15.4. The molecule has 0 radical (unpaired) electrons. The molecule has 20 heavy (non-hydrogen) atoms. The van der Waals surface area contributed by atoms with Crippen LogP contribution in [-0.4, -0.2) is 60.2 Å². The second-order valence-corrected chi connectivity index (χ2v) is 7.50. The van der Waals surface area contributed by atoms with E-state index in [-0.39, 0.29) is 12.0 Å². The molecule has 0 amide bonds. The van der Waals surface area contributed by atoms with Gasteiger partial charge >= 0.3 is 0 Å². The molecule has 0 saturated carbocycles. The molecule has 114 valence electrons. The SMILES string of the molecule is CC(C)c1noc(C(C)N2CCN(S(C)(=O)=O)CC2)n1. The summed E-state index contributed by atoms with van der Waals surface area (Å²) < 4.78 is 29.8. The second-order valence-electron chi connectivity index (χ2n) is 5.52. The third-order valence-electron chi connectivity index (χ3n) is 3.62. The lowest BCUT2D eigenvalue weighted by molar-refractivity contribution is 0.124. The Morgan fingerprint density at radius 2 is 1.75 bits per heavy atom. The molecule has 1 saturated heterocycles. The van der Waals surface area contributed by atoms with Crippen molar-refractivity contribution in [3.8, 4) is 0 Å². The molecule has 1 aromatic rings. The van der Waals surface area contributed by atoms with E-state index in [1.54, 1.807) is 0 Å². The molecule has 7 nitrogen and oxygen atoms in total. The van der Waals surface area contributed by atoms with Crippen LogP contribution in [-0.2, 0) is 10.0 Å². The molecule has 1 unspecified atom stereocenters. The van der Waals surface area contributed by atoms with E-state index in [9.17, 15) is 8.42 Å². The molecule has 0 bridgehead atoms. The van der Waals surface area contributed by atoms with Gasteiger partial charge in [-0.1, -0.05) is 19.0 Å². The predicted molar refractivity (Wildman–Crippen MR) is 74.8 cm³/mol. The Morgan fingerprint density at radius 3 is 2.20 bits per heavy atom. The summed E-state index contributed by atoms with van der Waals surface area (Å²) in [6.07, 6.45) is 1.25. The minimum Gasteiger partial charge on any atom is -0.338 e. The van der Waals surface area contributed by atoms with E-state index in [0.717, 1.165) is 0 Å². The van der Waals surface area contributed by atoms with Crippen LogP contribution in [0.4, 0.5) is 0 Å². The second kappa shape index (κ2) is 5.79. The van der Waals surface area contributed by atoms with Crippen molar-refractivity contribution in [2.45, 2.75) is 32.7 Å². The van der Waals surface area contributed by atoms with Crippen LogP contribution < -0.4 is 0 Å². The minimum atomic E-state index is -3.09. The van der Waals surface area contributed by atoms with Gasteiger partial charge in [0, 0.05) is 32.1 Å². The van der Waals surface area contributed by atoms with Gasteiger partial charge in [-0.25, -0.2) is 8.42 Å². The van der Waals surface area contributed by atoms with Gasteiger partial charge in [0.2, 0.25) is 15.9 Å². The highest BCUT2D eigenvalue weighted by molar-refractivity contribution is 7.88. The number of hydrogen-bond acceptors (Lipinski definition) is 6. The van der Waals surface area contributed by atoms with Crippen molar-refractivity contribution in [3.63, 3.8) is 0 Å². The van der Waals surface area contributed by atoms with Crippen molar-refractivity contribution in [2.75, 3.05) is 32.4 Å². The molecule has 1 aromatic heterocycles. The lowest BCUT2D eigenvalue weighted by Crippen LogP contribution is -2.48. The Labute approximate surface area is 120 Å². The minimum absolute atomic E-state index is 0.0108. The van der Waals surface area contributed by atoms with Crippen molar-refractivity contribution >= 4 is 10.0 Å². The molecule has 0 spiro atoms. The first-order valence-electron chi connectivity index (χ1n) is 6.81. The number of hydrogen-bond donors (Lipinski definition) is 0. The average Bonchev–Trinajstić information content (AvgIpc) is 2.86. The van der Waals surface area contributed by atoms with Gasteiger partial charge in [-0.2, -0.15) is 9.29 Å². The zero-order valence-electron chi connectivity index (χ0n) is 12.4. The molecular weight excluding hydrogens is 280 g/mol. The van der Waals surface area contributed by atoms with Crippen LogP contribution in [0.15, 0.2) is 4.52 Å². The summed E-state index contributed by atoms with van der Waals surface area (Å²) in [5.41, 5.74) is 0. The number of sulfonamides is 1. The van der Waals surface area contributed by atoms with Gasteiger partial charge < -0.3 is 4.52 Å². The zero-order chi connectivity index (χ0) is 14.9. The van der Waals surface area contributed by atoms with Crippen molar-refractivity contribution in [1.29, 1.82) is 0 Å². The molecule has 0 aromatic carbocycles. The lowest BCUT2D eigenvalue weighted by Gasteiger charge is -2.35. The van der Waals surface area contributed by atoms with Crippen LogP contribution in [0, 0.1) is 0 Å². The molecule has 2 rings (SSSR count). The normalized spacial score (nSPS) is 20.4. The van der Waals surface area contributed by atoms with Crippen LogP contribution in [0.1, 0.15) is 44.4 Å². The van der Waals surface area contributed by atoms with E-state index in [4.69, 9.17) is 4.52 Å². The van der Waals surface area contributed by atoms with Crippen molar-refractivity contribution < 1.29 is 12.9 Å². The maximum atomic E-state index is 11.5. The molecule has 1 aliphatic rings. The largest absolute Gasteiger partial charge is 0.338 e. The first-order valence-corrected chi connectivity index (χ1v) is 8.66. The zero-order valence-corrected chi connectivity index (χ0v) is 13.2. The molecule has 0 aliphatic carbocycles. The Bertz CT molecular complexity index is 547. The molecular formula is C12H22N4O3S. The van der Waals surface area contributed by atoms with Crippen LogP contribution in [0.3, 0.4) is 0 Å². The topological polar surface area (TPSA) is 79.5 Å². The summed E-state index contributed by atoms with van der Waals surface area (Å²) in [6.45, 7) is 8.41. The van der Waals surface area contributed by atoms with Crippen molar-refractivity contribution in [1.82, 2.24) is 19.3 Å². The quantitative estimate of drug-likeness (QED) is 0.819. The summed E-state index contributed by atoms with van der Waals surface area (Å²) in [4.78, 5) is 6.57. The Hall–Kier alpha value is -0.990. The molecule has 1 aliphatic heterocycles. The highest BCUT2D eigenvalue weighted by atomic mass is 32.2. The molecule has 1 fully saturated rings. The standard InChI is InChI=1S/C12H22N4O3S/c1-9(2)11-13-12(19-14-11)10(3)15-5-7-16(8-6-15)20(4,17)18/h9-10H,5-8H2,1-4H3. The van der Waals surface area contributed by atoms with Gasteiger partial charge in [-0.3, -0.25) is 4.90 Å². The molecule has 0 N–H and O–H groups in total. The van der Waals surface area contributed by atoms with E-state index >= 15 is 0 Å². The Morgan fingerprint density at radius 1 is 1.15 bits per heavy atom. The highest BCUT2D eigenvalue weighted by Gasteiger charge is 2.29. The molecule has 8 heteroatoms. The van der Waals surface area contributed by atoms with Gasteiger partial charge in [0.25, 0.3) is 0 Å². The van der Waals surface area contributed by atoms with E-state index in [1.165, 1.54) is 10.6 Å². The number of piperazine rings is 1. The fraction of sp³-hybridized carbons (Fsp3) is 0.833. The molecule has 2 heterocycles. The smallest absolute Gasteiger partial charge is 0.243 e. The van der Waals surface area contributed by atoms with Crippen LogP contribution >= 0.6 is 0 Å². The van der Waals surface area contributed by atoms with Crippen LogP contribution in [0.5, 0.6) is 0 Å². The fourth-order valence-electron chi connectivity index (χ4n) is 2.23. The van der Waals surface area contributed by atoms with E-state index in [0.29, 0.717) is 37.9 Å². The van der Waals surface area contributed by atoms with Gasteiger partial charge in [0.05, 0.1) is 12.3 Å². The van der Waals surface area contributed by atoms with E-state index in [1.807, 2.05) is 20.8 Å². The Balaban J connectivity index is 1.99. The van der Waals surface area contributed by atoms with Crippen molar-refractivity contribution in [2.24, 2.45) is 0 Å². The number of rotatable bonds is 4. The van der Waals surface area contributed by atoms with Gasteiger partial charge in [-0.15, -0.1) is 0 Å². The maximum absolute atomic E-state index is 11.5. The molecule has 1 atom stereocenters.